The van der Waals surface area contributed by atoms with E-state index in [9.17, 15) is 9.18 Å². The maximum atomic E-state index is 14.0. The molecule has 1 aliphatic heterocycles. The van der Waals surface area contributed by atoms with Gasteiger partial charge in [-0.3, -0.25) is 4.79 Å². The number of benzene rings is 2. The molecule has 2 aromatic carbocycles. The Bertz CT molecular complexity index is 787. The van der Waals surface area contributed by atoms with Gasteiger partial charge >= 0.3 is 0 Å². The number of anilines is 1. The predicted molar refractivity (Wildman–Crippen MR) is 91.9 cm³/mol. The molecular weight excluding hydrogens is 331 g/mol. The summed E-state index contributed by atoms with van der Waals surface area (Å²) in [5.41, 5.74) is 2.29. The molecule has 4 nitrogen and oxygen atoms in total. The average Bonchev–Trinajstić information content (AvgIpc) is 3.05. The molecule has 0 saturated heterocycles. The van der Waals surface area contributed by atoms with Crippen molar-refractivity contribution in [2.24, 2.45) is 5.16 Å². The lowest BCUT2D eigenvalue weighted by Crippen LogP contribution is -2.28. The summed E-state index contributed by atoms with van der Waals surface area (Å²) in [6.07, 6.45) is 0.163. The van der Waals surface area contributed by atoms with Gasteiger partial charge in [-0.25, -0.2) is 4.39 Å². The second-order valence-corrected chi connectivity index (χ2v) is 5.84. The van der Waals surface area contributed by atoms with Crippen LogP contribution in [0.25, 0.3) is 0 Å². The first kappa shape index (κ1) is 16.5. The summed E-state index contributed by atoms with van der Waals surface area (Å²) in [6, 6.07) is 12.0. The van der Waals surface area contributed by atoms with Crippen molar-refractivity contribution in [1.82, 2.24) is 0 Å². The molecule has 124 valence electrons. The number of carbonyl (C=O) groups excluding carboxylic acids is 1. The minimum absolute atomic E-state index is 0.167. The molecule has 0 aliphatic carbocycles. The van der Waals surface area contributed by atoms with Gasteiger partial charge in [0.05, 0.1) is 16.3 Å². The van der Waals surface area contributed by atoms with Gasteiger partial charge in [-0.05, 0) is 30.2 Å². The van der Waals surface area contributed by atoms with Gasteiger partial charge in [-0.15, -0.1) is 0 Å². The van der Waals surface area contributed by atoms with Crippen LogP contribution in [-0.4, -0.2) is 17.7 Å². The summed E-state index contributed by atoms with van der Waals surface area (Å²) in [4.78, 5) is 17.6. The average molecular weight is 347 g/mol. The van der Waals surface area contributed by atoms with E-state index in [1.165, 1.54) is 12.1 Å². The largest absolute Gasteiger partial charge is 0.382 e. The number of nitrogens with one attached hydrogen (secondary N) is 1. The third kappa shape index (κ3) is 3.26. The zero-order valence-corrected chi connectivity index (χ0v) is 13.8. The lowest BCUT2D eigenvalue weighted by molar-refractivity contribution is -0.125. The molecule has 3 rings (SSSR count). The standard InChI is InChI=1S/C18H16ClFN2O2/c1-2-11-6-3-4-9-14(11)21-18(23)16-10-15(22-24-16)17-12(19)7-5-8-13(17)20/h3-9,16H,2,10H2,1H3,(H,21,23). The lowest BCUT2D eigenvalue weighted by Gasteiger charge is -2.12. The highest BCUT2D eigenvalue weighted by atomic mass is 35.5. The number of aryl methyl sites for hydroxylation is 1. The van der Waals surface area contributed by atoms with Crippen molar-refractivity contribution in [3.63, 3.8) is 0 Å². The molecule has 1 N–H and O–H groups in total. The molecule has 0 aromatic heterocycles. The van der Waals surface area contributed by atoms with E-state index in [1.807, 2.05) is 31.2 Å². The predicted octanol–water partition coefficient (Wildman–Crippen LogP) is 4.17. The molecule has 1 aliphatic rings. The van der Waals surface area contributed by atoms with Crippen molar-refractivity contribution in [1.29, 1.82) is 0 Å². The van der Waals surface area contributed by atoms with Crippen molar-refractivity contribution < 1.29 is 14.0 Å². The molecule has 1 heterocycles. The summed E-state index contributed by atoms with van der Waals surface area (Å²) >= 11 is 6.03. The van der Waals surface area contributed by atoms with Crippen LogP contribution < -0.4 is 5.32 Å². The quantitative estimate of drug-likeness (QED) is 0.903. The topological polar surface area (TPSA) is 50.7 Å². The van der Waals surface area contributed by atoms with Crippen molar-refractivity contribution in [2.45, 2.75) is 25.9 Å². The molecule has 1 amide bonds. The molecule has 2 aromatic rings. The van der Waals surface area contributed by atoms with Crippen LogP contribution in [0.3, 0.4) is 0 Å². The van der Waals surface area contributed by atoms with E-state index in [0.29, 0.717) is 5.71 Å². The third-order valence-electron chi connectivity index (χ3n) is 3.87. The number of hydrogen-bond acceptors (Lipinski definition) is 3. The maximum Gasteiger partial charge on any atom is 0.268 e. The minimum atomic E-state index is -0.805. The number of carbonyl (C=O) groups is 1. The molecule has 0 spiro atoms. The van der Waals surface area contributed by atoms with Crippen LogP contribution >= 0.6 is 11.6 Å². The van der Waals surface area contributed by atoms with Crippen molar-refractivity contribution in [2.75, 3.05) is 5.32 Å². The number of oxime groups is 1. The summed E-state index contributed by atoms with van der Waals surface area (Å²) in [5.74, 6) is -0.802. The smallest absolute Gasteiger partial charge is 0.268 e. The molecular formula is C18H16ClFN2O2. The highest BCUT2D eigenvalue weighted by Crippen LogP contribution is 2.26. The number of para-hydroxylation sites is 1. The fraction of sp³-hybridized carbons (Fsp3) is 0.222. The summed E-state index contributed by atoms with van der Waals surface area (Å²) < 4.78 is 14.0. The second kappa shape index (κ2) is 7.01. The fourth-order valence-electron chi connectivity index (χ4n) is 2.60. The number of rotatable bonds is 4. The van der Waals surface area contributed by atoms with Crippen LogP contribution in [0.2, 0.25) is 5.02 Å². The molecule has 0 saturated carbocycles. The van der Waals surface area contributed by atoms with Gasteiger partial charge in [0.15, 0.2) is 0 Å². The molecule has 0 fully saturated rings. The first-order valence-electron chi connectivity index (χ1n) is 7.66. The normalized spacial score (nSPS) is 16.5. The van der Waals surface area contributed by atoms with Gasteiger partial charge < -0.3 is 10.2 Å². The molecule has 6 heteroatoms. The molecule has 0 radical (unpaired) electrons. The van der Waals surface area contributed by atoms with E-state index in [2.05, 4.69) is 10.5 Å². The zero-order valence-electron chi connectivity index (χ0n) is 13.1. The number of nitrogens with zero attached hydrogens (tertiary/aromatic N) is 1. The zero-order chi connectivity index (χ0) is 17.1. The molecule has 1 unspecified atom stereocenters. The van der Waals surface area contributed by atoms with Crippen molar-refractivity contribution in [3.8, 4) is 0 Å². The molecule has 24 heavy (non-hydrogen) atoms. The van der Waals surface area contributed by atoms with E-state index < -0.39 is 11.9 Å². The Balaban J connectivity index is 1.72. The van der Waals surface area contributed by atoms with E-state index in [0.717, 1.165) is 17.7 Å². The number of halogens is 2. The lowest BCUT2D eigenvalue weighted by atomic mass is 10.0. The first-order chi connectivity index (χ1) is 11.6. The van der Waals surface area contributed by atoms with E-state index in [-0.39, 0.29) is 22.9 Å². The Morgan fingerprint density at radius 3 is 2.88 bits per heavy atom. The van der Waals surface area contributed by atoms with Gasteiger partial charge in [0.25, 0.3) is 5.91 Å². The van der Waals surface area contributed by atoms with Gasteiger partial charge in [0.1, 0.15) is 5.82 Å². The second-order valence-electron chi connectivity index (χ2n) is 5.43. The van der Waals surface area contributed by atoms with Crippen LogP contribution in [0.1, 0.15) is 24.5 Å². The number of hydrogen-bond donors (Lipinski definition) is 1. The Labute approximate surface area is 144 Å². The van der Waals surface area contributed by atoms with Gasteiger partial charge in [0.2, 0.25) is 6.10 Å². The van der Waals surface area contributed by atoms with E-state index >= 15 is 0 Å². The number of amides is 1. The third-order valence-corrected chi connectivity index (χ3v) is 4.18. The van der Waals surface area contributed by atoms with Crippen molar-refractivity contribution in [3.05, 3.63) is 64.4 Å². The highest BCUT2D eigenvalue weighted by molar-refractivity contribution is 6.34. The molecule has 0 bridgehead atoms. The summed E-state index contributed by atoms with van der Waals surface area (Å²) in [5, 5.41) is 6.93. The fourth-order valence-corrected chi connectivity index (χ4v) is 2.88. The van der Waals surface area contributed by atoms with Crippen LogP contribution in [-0.2, 0) is 16.1 Å². The minimum Gasteiger partial charge on any atom is -0.382 e. The SMILES string of the molecule is CCc1ccccc1NC(=O)C1CC(c2c(F)cccc2Cl)=NO1. The highest BCUT2D eigenvalue weighted by Gasteiger charge is 2.31. The van der Waals surface area contributed by atoms with E-state index in [1.54, 1.807) is 6.07 Å². The Morgan fingerprint density at radius 2 is 2.12 bits per heavy atom. The van der Waals surface area contributed by atoms with Gasteiger partial charge in [-0.1, -0.05) is 47.9 Å². The maximum absolute atomic E-state index is 14.0. The van der Waals surface area contributed by atoms with Crippen LogP contribution in [0.4, 0.5) is 10.1 Å². The van der Waals surface area contributed by atoms with Crippen molar-refractivity contribution >= 4 is 28.9 Å². The van der Waals surface area contributed by atoms with E-state index in [4.69, 9.17) is 16.4 Å². The van der Waals surface area contributed by atoms with Crippen LogP contribution in [0, 0.1) is 5.82 Å². The molecule has 1 atom stereocenters. The first-order valence-corrected chi connectivity index (χ1v) is 8.03. The summed E-state index contributed by atoms with van der Waals surface area (Å²) in [6.45, 7) is 2.01. The van der Waals surface area contributed by atoms with Crippen LogP contribution in [0.5, 0.6) is 0 Å². The summed E-state index contributed by atoms with van der Waals surface area (Å²) in [7, 11) is 0. The Morgan fingerprint density at radius 1 is 1.33 bits per heavy atom. The van der Waals surface area contributed by atoms with Gasteiger partial charge in [0, 0.05) is 12.1 Å². The Kier molecular flexibility index (Phi) is 4.81. The van der Waals surface area contributed by atoms with Gasteiger partial charge in [-0.2, -0.15) is 0 Å². The Hall–Kier alpha value is -2.40. The van der Waals surface area contributed by atoms with Crippen LogP contribution in [0.15, 0.2) is 47.6 Å². The monoisotopic (exact) mass is 346 g/mol.